The van der Waals surface area contributed by atoms with E-state index < -0.39 is 42.3 Å². The highest BCUT2D eigenvalue weighted by molar-refractivity contribution is 5.89. The topological polar surface area (TPSA) is 125 Å². The molecule has 2 amide bonds. The van der Waals surface area contributed by atoms with Gasteiger partial charge in [0.15, 0.2) is 0 Å². The lowest BCUT2D eigenvalue weighted by atomic mass is 10.1. The monoisotopic (exact) mass is 352 g/mol. The smallest absolute Gasteiger partial charge is 0.408 e. The SMILES string of the molecule is CC(C)(C)OC(=O)N[C@H](Cc1ccccc1)C(=O)N[C@H](CO)C(=O)O. The van der Waals surface area contributed by atoms with E-state index in [-0.39, 0.29) is 6.42 Å². The van der Waals surface area contributed by atoms with Gasteiger partial charge in [0.2, 0.25) is 5.91 Å². The van der Waals surface area contributed by atoms with E-state index in [0.29, 0.717) is 0 Å². The molecule has 0 radical (unpaired) electrons. The van der Waals surface area contributed by atoms with E-state index in [1.54, 1.807) is 45.0 Å². The quantitative estimate of drug-likeness (QED) is 0.572. The minimum Gasteiger partial charge on any atom is -0.480 e. The first-order chi connectivity index (χ1) is 11.6. The first-order valence-electron chi connectivity index (χ1n) is 7.80. The normalized spacial score (nSPS) is 13.4. The second-order valence-electron chi connectivity index (χ2n) is 6.47. The van der Waals surface area contributed by atoms with Crippen LogP contribution in [0, 0.1) is 0 Å². The number of hydrogen-bond donors (Lipinski definition) is 4. The van der Waals surface area contributed by atoms with Crippen LogP contribution in [0.15, 0.2) is 30.3 Å². The Bertz CT molecular complexity index is 597. The van der Waals surface area contributed by atoms with Crippen molar-refractivity contribution in [3.05, 3.63) is 35.9 Å². The van der Waals surface area contributed by atoms with Crippen molar-refractivity contribution in [1.29, 1.82) is 0 Å². The van der Waals surface area contributed by atoms with Crippen LogP contribution >= 0.6 is 0 Å². The molecule has 1 aromatic carbocycles. The van der Waals surface area contributed by atoms with E-state index >= 15 is 0 Å². The summed E-state index contributed by atoms with van der Waals surface area (Å²) < 4.78 is 5.14. The Morgan fingerprint density at radius 2 is 1.68 bits per heavy atom. The molecule has 0 aromatic heterocycles. The molecule has 8 heteroatoms. The van der Waals surface area contributed by atoms with Gasteiger partial charge in [-0.25, -0.2) is 9.59 Å². The maximum absolute atomic E-state index is 12.4. The lowest BCUT2D eigenvalue weighted by Gasteiger charge is -2.24. The molecule has 1 rings (SSSR count). The predicted octanol–water partition coefficient (Wildman–Crippen LogP) is 0.684. The third kappa shape index (κ3) is 7.67. The van der Waals surface area contributed by atoms with Crippen LogP contribution in [0.5, 0.6) is 0 Å². The number of ether oxygens (including phenoxy) is 1. The van der Waals surface area contributed by atoms with Crippen LogP contribution in [0.1, 0.15) is 26.3 Å². The van der Waals surface area contributed by atoms with Gasteiger partial charge < -0.3 is 25.6 Å². The third-order valence-corrected chi connectivity index (χ3v) is 3.09. The van der Waals surface area contributed by atoms with Gasteiger partial charge in [0.05, 0.1) is 6.61 Å². The van der Waals surface area contributed by atoms with Crippen LogP contribution in [-0.2, 0) is 20.7 Å². The fourth-order valence-electron chi connectivity index (χ4n) is 1.97. The summed E-state index contributed by atoms with van der Waals surface area (Å²) in [5, 5.41) is 22.6. The fourth-order valence-corrected chi connectivity index (χ4v) is 1.97. The van der Waals surface area contributed by atoms with Crippen molar-refractivity contribution in [2.75, 3.05) is 6.61 Å². The molecular weight excluding hydrogens is 328 g/mol. The number of alkyl carbamates (subject to hydrolysis) is 1. The van der Waals surface area contributed by atoms with Crippen molar-refractivity contribution in [2.45, 2.75) is 44.9 Å². The van der Waals surface area contributed by atoms with E-state index in [0.717, 1.165) is 5.56 Å². The number of rotatable bonds is 7. The number of carbonyl (C=O) groups excluding carboxylic acids is 2. The maximum Gasteiger partial charge on any atom is 0.408 e. The molecule has 25 heavy (non-hydrogen) atoms. The number of hydrogen-bond acceptors (Lipinski definition) is 5. The molecule has 8 nitrogen and oxygen atoms in total. The minimum atomic E-state index is -1.45. The van der Waals surface area contributed by atoms with Gasteiger partial charge >= 0.3 is 12.1 Å². The largest absolute Gasteiger partial charge is 0.480 e. The Morgan fingerprint density at radius 3 is 2.16 bits per heavy atom. The van der Waals surface area contributed by atoms with Crippen molar-refractivity contribution in [3.8, 4) is 0 Å². The molecule has 0 heterocycles. The molecule has 1 aromatic rings. The zero-order valence-corrected chi connectivity index (χ0v) is 14.5. The van der Waals surface area contributed by atoms with E-state index in [9.17, 15) is 14.4 Å². The summed E-state index contributed by atoms with van der Waals surface area (Å²) in [4.78, 5) is 35.3. The Hall–Kier alpha value is -2.61. The summed E-state index contributed by atoms with van der Waals surface area (Å²) >= 11 is 0. The Morgan fingerprint density at radius 1 is 1.08 bits per heavy atom. The molecule has 0 bridgehead atoms. The molecule has 0 fully saturated rings. The van der Waals surface area contributed by atoms with Gasteiger partial charge in [-0.15, -0.1) is 0 Å². The van der Waals surface area contributed by atoms with Gasteiger partial charge in [-0.3, -0.25) is 4.79 Å². The molecule has 2 atom stereocenters. The molecule has 0 spiro atoms. The van der Waals surface area contributed by atoms with Crippen molar-refractivity contribution < 1.29 is 29.3 Å². The highest BCUT2D eigenvalue weighted by Gasteiger charge is 2.28. The van der Waals surface area contributed by atoms with Gasteiger partial charge in [0.25, 0.3) is 0 Å². The summed E-state index contributed by atoms with van der Waals surface area (Å²) in [5.74, 6) is -2.09. The number of carboxylic acids is 1. The fraction of sp³-hybridized carbons (Fsp3) is 0.471. The van der Waals surface area contributed by atoms with Gasteiger partial charge in [-0.05, 0) is 26.3 Å². The highest BCUT2D eigenvalue weighted by atomic mass is 16.6. The van der Waals surface area contributed by atoms with Crippen LogP contribution in [0.2, 0.25) is 0 Å². The number of aliphatic hydroxyl groups excluding tert-OH is 1. The standard InChI is InChI=1S/C17H24N2O6/c1-17(2,3)25-16(24)19-12(9-11-7-5-4-6-8-11)14(21)18-13(10-20)15(22)23/h4-8,12-13,20H,9-10H2,1-3H3,(H,18,21)(H,19,24)(H,22,23)/t12-,13-/m1/s1. The predicted molar refractivity (Wildman–Crippen MR) is 90.0 cm³/mol. The number of nitrogens with one attached hydrogen (secondary N) is 2. The van der Waals surface area contributed by atoms with Gasteiger partial charge in [-0.1, -0.05) is 30.3 Å². The zero-order valence-electron chi connectivity index (χ0n) is 14.5. The summed E-state index contributed by atoms with van der Waals surface area (Å²) in [6, 6.07) is 6.43. The van der Waals surface area contributed by atoms with Crippen LogP contribution in [0.4, 0.5) is 4.79 Å². The number of aliphatic hydroxyl groups is 1. The minimum absolute atomic E-state index is 0.143. The average molecular weight is 352 g/mol. The Labute approximate surface area is 146 Å². The molecule has 0 aliphatic heterocycles. The van der Waals surface area contributed by atoms with Crippen LogP contribution in [-0.4, -0.2) is 52.5 Å². The molecular formula is C17H24N2O6. The Balaban J connectivity index is 2.88. The second-order valence-corrected chi connectivity index (χ2v) is 6.47. The van der Waals surface area contributed by atoms with E-state index in [4.69, 9.17) is 14.9 Å². The van der Waals surface area contributed by atoms with Crippen LogP contribution in [0.25, 0.3) is 0 Å². The molecule has 4 N–H and O–H groups in total. The first kappa shape index (κ1) is 20.4. The van der Waals surface area contributed by atoms with Crippen molar-refractivity contribution in [1.82, 2.24) is 10.6 Å². The zero-order chi connectivity index (χ0) is 19.0. The molecule has 0 saturated carbocycles. The molecule has 0 unspecified atom stereocenters. The molecule has 0 aliphatic rings. The van der Waals surface area contributed by atoms with E-state index in [1.165, 1.54) is 0 Å². The third-order valence-electron chi connectivity index (χ3n) is 3.09. The summed E-state index contributed by atoms with van der Waals surface area (Å²) in [7, 11) is 0. The van der Waals surface area contributed by atoms with Crippen LogP contribution in [0.3, 0.4) is 0 Å². The van der Waals surface area contributed by atoms with E-state index in [1.807, 2.05) is 6.07 Å². The first-order valence-corrected chi connectivity index (χ1v) is 7.80. The van der Waals surface area contributed by atoms with Crippen molar-refractivity contribution >= 4 is 18.0 Å². The van der Waals surface area contributed by atoms with Gasteiger partial charge in [-0.2, -0.15) is 0 Å². The Kier molecular flexibility index (Phi) is 7.38. The van der Waals surface area contributed by atoms with Crippen molar-refractivity contribution in [2.24, 2.45) is 0 Å². The lowest BCUT2D eigenvalue weighted by molar-refractivity contribution is -0.143. The molecule has 0 aliphatic carbocycles. The summed E-state index contributed by atoms with van der Waals surface area (Å²) in [6.45, 7) is 4.30. The number of amides is 2. The summed E-state index contributed by atoms with van der Waals surface area (Å²) in [6.07, 6.45) is -0.650. The van der Waals surface area contributed by atoms with E-state index in [2.05, 4.69) is 10.6 Å². The van der Waals surface area contributed by atoms with Crippen molar-refractivity contribution in [3.63, 3.8) is 0 Å². The number of carbonyl (C=O) groups is 3. The van der Waals surface area contributed by atoms with Gasteiger partial charge in [0, 0.05) is 6.42 Å². The second kappa shape index (κ2) is 9.03. The number of carboxylic acid groups (broad SMARTS) is 1. The van der Waals surface area contributed by atoms with Crippen LogP contribution < -0.4 is 10.6 Å². The molecule has 0 saturated heterocycles. The number of aliphatic carboxylic acids is 1. The summed E-state index contributed by atoms with van der Waals surface area (Å²) in [5.41, 5.74) is 0.0293. The lowest BCUT2D eigenvalue weighted by Crippen LogP contribution is -2.54. The molecule has 138 valence electrons. The van der Waals surface area contributed by atoms with Gasteiger partial charge in [0.1, 0.15) is 17.7 Å². The number of benzene rings is 1. The average Bonchev–Trinajstić information content (AvgIpc) is 2.50. The maximum atomic E-state index is 12.4. The highest BCUT2D eigenvalue weighted by Crippen LogP contribution is 2.09.